The van der Waals surface area contributed by atoms with Gasteiger partial charge in [0.2, 0.25) is 0 Å². The molecule has 1 spiro atoms. The maximum atomic E-state index is 13.6. The normalized spacial score (nSPS) is 26.1. The molecule has 0 bridgehead atoms. The number of fused-ring (bicyclic) bond motifs is 2. The quantitative estimate of drug-likeness (QED) is 0.454. The minimum absolute atomic E-state index is 0.00965. The van der Waals surface area contributed by atoms with Gasteiger partial charge in [-0.05, 0) is 30.6 Å². The molecule has 1 saturated heterocycles. The molecule has 6 nitrogen and oxygen atoms in total. The molecule has 0 saturated carbocycles. The maximum Gasteiger partial charge on any atom is 0.260 e. The van der Waals surface area contributed by atoms with Crippen LogP contribution in [0.15, 0.2) is 18.2 Å². The molecular weight excluding hydrogens is 410 g/mol. The summed E-state index contributed by atoms with van der Waals surface area (Å²) >= 11 is 0. The number of hydrogen-bond acceptors (Lipinski definition) is 5. The smallest absolute Gasteiger partial charge is 0.260 e. The molecule has 1 fully saturated rings. The van der Waals surface area contributed by atoms with Crippen molar-refractivity contribution in [1.82, 2.24) is 4.90 Å². The standard InChI is InChI=1S/C24H39NO5Si/c1-7-8-9-12-19-18(27)16-24(29-19)17-11-10-13-20(30-31(5,6)23(2,3)4)21(17)22(28)25(24)14-15-26/h10-11,13,18-19,26-27H,7-9,12,14-16H2,1-6H3/t18-,19-,24-/m1/s1. The van der Waals surface area contributed by atoms with Crippen LogP contribution in [-0.4, -0.2) is 54.7 Å². The van der Waals surface area contributed by atoms with Gasteiger partial charge in [-0.15, -0.1) is 0 Å². The molecule has 1 amide bonds. The van der Waals surface area contributed by atoms with Gasteiger partial charge in [0.05, 0.1) is 24.4 Å². The largest absolute Gasteiger partial charge is 0.543 e. The van der Waals surface area contributed by atoms with E-state index in [9.17, 15) is 15.0 Å². The molecular formula is C24H39NO5Si. The van der Waals surface area contributed by atoms with Gasteiger partial charge < -0.3 is 24.3 Å². The second-order valence-electron chi connectivity index (χ2n) is 10.4. The van der Waals surface area contributed by atoms with Crippen molar-refractivity contribution in [1.29, 1.82) is 0 Å². The highest BCUT2D eigenvalue weighted by molar-refractivity contribution is 6.74. The number of β-amino-alcohol motifs (C(OH)–C–C–N with tert-alkyl or cyclic N) is 1. The van der Waals surface area contributed by atoms with E-state index in [-0.39, 0.29) is 30.2 Å². The number of nitrogens with zero attached hydrogens (tertiary/aromatic N) is 1. The number of benzene rings is 1. The fourth-order valence-corrected chi connectivity index (χ4v) is 5.43. The average Bonchev–Trinajstić information content (AvgIpc) is 3.12. The highest BCUT2D eigenvalue weighted by atomic mass is 28.4. The molecule has 0 aliphatic carbocycles. The monoisotopic (exact) mass is 449 g/mol. The van der Waals surface area contributed by atoms with Gasteiger partial charge in [0, 0.05) is 18.5 Å². The van der Waals surface area contributed by atoms with E-state index >= 15 is 0 Å². The van der Waals surface area contributed by atoms with Crippen molar-refractivity contribution in [3.05, 3.63) is 29.3 Å². The molecule has 1 aromatic carbocycles. The van der Waals surface area contributed by atoms with Gasteiger partial charge in [-0.3, -0.25) is 4.79 Å². The van der Waals surface area contributed by atoms with Crippen LogP contribution in [0.5, 0.6) is 5.75 Å². The van der Waals surface area contributed by atoms with Crippen molar-refractivity contribution in [2.75, 3.05) is 13.2 Å². The lowest BCUT2D eigenvalue weighted by molar-refractivity contribution is -0.135. The Morgan fingerprint density at radius 1 is 1.29 bits per heavy atom. The van der Waals surface area contributed by atoms with E-state index in [1.54, 1.807) is 4.90 Å². The molecule has 0 radical (unpaired) electrons. The van der Waals surface area contributed by atoms with Crippen LogP contribution in [0.25, 0.3) is 0 Å². The fourth-order valence-electron chi connectivity index (χ4n) is 4.40. The Balaban J connectivity index is 2.02. The highest BCUT2D eigenvalue weighted by Crippen LogP contribution is 2.52. The summed E-state index contributed by atoms with van der Waals surface area (Å²) in [4.78, 5) is 15.2. The second-order valence-corrected chi connectivity index (χ2v) is 15.2. The molecule has 31 heavy (non-hydrogen) atoms. The molecule has 2 N–H and O–H groups in total. The molecule has 2 heterocycles. The summed E-state index contributed by atoms with van der Waals surface area (Å²) in [6.07, 6.45) is 3.25. The molecule has 3 rings (SSSR count). The average molecular weight is 450 g/mol. The predicted molar refractivity (Wildman–Crippen MR) is 124 cm³/mol. The van der Waals surface area contributed by atoms with Crippen molar-refractivity contribution in [3.63, 3.8) is 0 Å². The zero-order valence-corrected chi connectivity index (χ0v) is 20.9. The van der Waals surface area contributed by atoms with Crippen molar-refractivity contribution in [2.24, 2.45) is 0 Å². The minimum Gasteiger partial charge on any atom is -0.543 e. The minimum atomic E-state index is -2.17. The van der Waals surface area contributed by atoms with Crippen LogP contribution in [-0.2, 0) is 10.5 Å². The van der Waals surface area contributed by atoms with Gasteiger partial charge in [0.15, 0.2) is 5.72 Å². The number of hydrogen-bond donors (Lipinski definition) is 2. The summed E-state index contributed by atoms with van der Waals surface area (Å²) in [5.74, 6) is 0.390. The Bertz CT molecular complexity index is 806. The first-order chi connectivity index (χ1) is 14.5. The van der Waals surface area contributed by atoms with Crippen molar-refractivity contribution in [2.45, 2.75) is 95.9 Å². The molecule has 1 aromatic rings. The highest BCUT2D eigenvalue weighted by Gasteiger charge is 2.58. The van der Waals surface area contributed by atoms with E-state index in [4.69, 9.17) is 9.16 Å². The van der Waals surface area contributed by atoms with Crippen LogP contribution in [0.1, 0.15) is 75.7 Å². The first-order valence-electron chi connectivity index (χ1n) is 11.6. The van der Waals surface area contributed by atoms with E-state index in [0.717, 1.165) is 31.2 Å². The summed E-state index contributed by atoms with van der Waals surface area (Å²) in [5.41, 5.74) is 0.222. The summed E-state index contributed by atoms with van der Waals surface area (Å²) in [5, 5.41) is 20.5. The number of aliphatic hydroxyl groups is 2. The van der Waals surface area contributed by atoms with Crippen molar-refractivity contribution >= 4 is 14.2 Å². The molecule has 7 heteroatoms. The SMILES string of the molecule is CCCCC[C@H]1O[C@]2(C[C@H]1O)c1cccc(O[Si](C)(C)C(C)(C)C)c1C(=O)N2CCO. The van der Waals surface area contributed by atoms with E-state index in [0.29, 0.717) is 17.7 Å². The van der Waals surface area contributed by atoms with Gasteiger partial charge in [-0.25, -0.2) is 0 Å². The van der Waals surface area contributed by atoms with Gasteiger partial charge in [0.25, 0.3) is 14.2 Å². The first kappa shape index (κ1) is 24.2. The Labute approximate surface area is 187 Å². The van der Waals surface area contributed by atoms with Gasteiger partial charge >= 0.3 is 0 Å². The molecule has 0 aromatic heterocycles. The summed E-state index contributed by atoms with van der Waals surface area (Å²) < 4.78 is 13.0. The number of carbonyl (C=O) groups excluding carboxylic acids is 1. The molecule has 2 aliphatic rings. The van der Waals surface area contributed by atoms with Gasteiger partial charge in [-0.2, -0.15) is 0 Å². The molecule has 0 unspecified atom stereocenters. The van der Waals surface area contributed by atoms with E-state index in [1.807, 2.05) is 18.2 Å². The molecule has 3 atom stereocenters. The lowest BCUT2D eigenvalue weighted by Gasteiger charge is -2.37. The number of unbranched alkanes of at least 4 members (excludes halogenated alkanes) is 2. The number of ether oxygens (including phenoxy) is 1. The maximum absolute atomic E-state index is 13.6. The topological polar surface area (TPSA) is 79.2 Å². The Hall–Kier alpha value is -1.41. The van der Waals surface area contributed by atoms with Crippen LogP contribution in [0.3, 0.4) is 0 Å². The first-order valence-corrected chi connectivity index (χ1v) is 14.5. The summed E-state index contributed by atoms with van der Waals surface area (Å²) in [6, 6.07) is 5.67. The predicted octanol–water partition coefficient (Wildman–Crippen LogP) is 4.40. The number of carbonyl (C=O) groups is 1. The van der Waals surface area contributed by atoms with Crippen LogP contribution in [0.2, 0.25) is 18.1 Å². The van der Waals surface area contributed by atoms with Crippen LogP contribution in [0.4, 0.5) is 0 Å². The van der Waals surface area contributed by atoms with E-state index in [2.05, 4.69) is 40.8 Å². The molecule has 174 valence electrons. The molecule has 2 aliphatic heterocycles. The van der Waals surface area contributed by atoms with Crippen molar-refractivity contribution in [3.8, 4) is 5.75 Å². The van der Waals surface area contributed by atoms with Crippen LogP contribution >= 0.6 is 0 Å². The third kappa shape index (κ3) is 4.30. The van der Waals surface area contributed by atoms with Crippen molar-refractivity contribution < 1.29 is 24.2 Å². The van der Waals surface area contributed by atoms with E-state index in [1.165, 1.54) is 0 Å². The third-order valence-corrected chi connectivity index (χ3v) is 11.5. The summed E-state index contributed by atoms with van der Waals surface area (Å²) in [6.45, 7) is 13.0. The van der Waals surface area contributed by atoms with E-state index < -0.39 is 20.1 Å². The van der Waals surface area contributed by atoms with Crippen LogP contribution < -0.4 is 4.43 Å². The van der Waals surface area contributed by atoms with Crippen LogP contribution in [0, 0.1) is 0 Å². The number of aliphatic hydroxyl groups excluding tert-OH is 2. The van der Waals surface area contributed by atoms with Gasteiger partial charge in [-0.1, -0.05) is 59.1 Å². The number of rotatable bonds is 8. The Morgan fingerprint density at radius 3 is 2.61 bits per heavy atom. The second kappa shape index (κ2) is 8.85. The Kier molecular flexibility index (Phi) is 6.92. The third-order valence-electron chi connectivity index (χ3n) is 7.19. The zero-order chi connectivity index (χ0) is 23.0. The lowest BCUT2D eigenvalue weighted by Crippen LogP contribution is -2.45. The Morgan fingerprint density at radius 2 is 2.00 bits per heavy atom. The van der Waals surface area contributed by atoms with Gasteiger partial charge in [0.1, 0.15) is 5.75 Å². The fraction of sp³-hybridized carbons (Fsp3) is 0.708. The summed E-state index contributed by atoms with van der Waals surface area (Å²) in [7, 11) is -2.17. The number of amides is 1. The lowest BCUT2D eigenvalue weighted by atomic mass is 9.96. The zero-order valence-electron chi connectivity index (χ0n) is 19.9.